The van der Waals surface area contributed by atoms with E-state index in [0.717, 1.165) is 23.2 Å². The quantitative estimate of drug-likeness (QED) is 0.815. The highest BCUT2D eigenvalue weighted by atomic mass is 16.3. The first kappa shape index (κ1) is 14.6. The van der Waals surface area contributed by atoms with Gasteiger partial charge in [0, 0.05) is 12.1 Å². The molecule has 0 bridgehead atoms. The molecule has 0 heterocycles. The number of aliphatic hydroxyl groups excluding tert-OH is 1. The van der Waals surface area contributed by atoms with Crippen LogP contribution in [0.15, 0.2) is 48.5 Å². The van der Waals surface area contributed by atoms with Crippen molar-refractivity contribution in [3.63, 3.8) is 0 Å². The Morgan fingerprint density at radius 3 is 2.86 bits per heavy atom. The van der Waals surface area contributed by atoms with Crippen LogP contribution in [0.25, 0.3) is 0 Å². The highest BCUT2D eigenvalue weighted by Gasteiger charge is 2.31. The first-order valence-corrected chi connectivity index (χ1v) is 7.59. The minimum atomic E-state index is -0.579. The van der Waals surface area contributed by atoms with Crippen LogP contribution in [0.3, 0.4) is 0 Å². The van der Waals surface area contributed by atoms with Crippen LogP contribution in [0.4, 0.5) is 10.5 Å². The van der Waals surface area contributed by atoms with Crippen molar-refractivity contribution in [3.05, 3.63) is 65.2 Å². The number of benzene rings is 2. The first-order valence-electron chi connectivity index (χ1n) is 7.59. The number of aryl methyl sites for hydroxylation is 1. The van der Waals surface area contributed by atoms with Crippen LogP contribution in [0.2, 0.25) is 0 Å². The van der Waals surface area contributed by atoms with E-state index in [1.54, 1.807) is 0 Å². The predicted octanol–water partition coefficient (Wildman–Crippen LogP) is 3.03. The summed E-state index contributed by atoms with van der Waals surface area (Å²) in [6.45, 7) is 2.07. The van der Waals surface area contributed by atoms with E-state index in [-0.39, 0.29) is 12.1 Å². The second-order valence-electron chi connectivity index (χ2n) is 5.60. The maximum atomic E-state index is 12.2. The summed E-state index contributed by atoms with van der Waals surface area (Å²) in [5.74, 6) is 0. The summed E-state index contributed by atoms with van der Waals surface area (Å²) in [4.78, 5) is 12.2. The van der Waals surface area contributed by atoms with E-state index in [1.165, 1.54) is 5.56 Å². The van der Waals surface area contributed by atoms with Crippen molar-refractivity contribution in [3.8, 4) is 0 Å². The van der Waals surface area contributed by atoms with E-state index in [1.807, 2.05) is 48.5 Å². The van der Waals surface area contributed by atoms with Gasteiger partial charge in [-0.15, -0.1) is 0 Å². The topological polar surface area (TPSA) is 61.4 Å². The van der Waals surface area contributed by atoms with Crippen molar-refractivity contribution in [1.82, 2.24) is 5.32 Å². The van der Waals surface area contributed by atoms with E-state index < -0.39 is 6.10 Å². The third-order valence-electron chi connectivity index (χ3n) is 4.08. The zero-order chi connectivity index (χ0) is 15.5. The number of carbonyl (C=O) groups excluding carboxylic acids is 1. The van der Waals surface area contributed by atoms with Gasteiger partial charge in [0.05, 0.1) is 12.1 Å². The van der Waals surface area contributed by atoms with Gasteiger partial charge in [0.15, 0.2) is 0 Å². The van der Waals surface area contributed by atoms with E-state index >= 15 is 0 Å². The van der Waals surface area contributed by atoms with Crippen LogP contribution in [0.1, 0.15) is 29.7 Å². The Morgan fingerprint density at radius 2 is 2.05 bits per heavy atom. The van der Waals surface area contributed by atoms with Crippen molar-refractivity contribution >= 4 is 11.7 Å². The summed E-state index contributed by atoms with van der Waals surface area (Å²) in [5, 5.41) is 15.9. The van der Waals surface area contributed by atoms with E-state index in [2.05, 4.69) is 17.6 Å². The van der Waals surface area contributed by atoms with E-state index in [0.29, 0.717) is 6.42 Å². The lowest BCUT2D eigenvalue weighted by Crippen LogP contribution is -2.36. The Balaban J connectivity index is 1.69. The van der Waals surface area contributed by atoms with E-state index in [9.17, 15) is 9.90 Å². The van der Waals surface area contributed by atoms with Crippen LogP contribution in [0, 0.1) is 0 Å². The minimum Gasteiger partial charge on any atom is -0.390 e. The second kappa shape index (κ2) is 6.20. The summed E-state index contributed by atoms with van der Waals surface area (Å²) >= 11 is 0. The van der Waals surface area contributed by atoms with Crippen molar-refractivity contribution in [2.75, 3.05) is 5.32 Å². The molecule has 0 radical (unpaired) electrons. The van der Waals surface area contributed by atoms with Crippen LogP contribution in [-0.4, -0.2) is 17.2 Å². The standard InChI is InChI=1S/C18H20N2O2/c1-2-12-6-5-8-14(10-12)19-18(22)20-17-15-9-4-3-7-13(15)11-16(17)21/h3-10,16-17,21H,2,11H2,1H3,(H2,19,20,22)/t16-,17+/m0/s1. The smallest absolute Gasteiger partial charge is 0.319 e. The number of aliphatic hydroxyl groups is 1. The van der Waals surface area contributed by atoms with Crippen molar-refractivity contribution in [2.24, 2.45) is 0 Å². The normalized spacial score (nSPS) is 19.5. The number of hydrogen-bond donors (Lipinski definition) is 3. The zero-order valence-corrected chi connectivity index (χ0v) is 12.5. The molecule has 2 atom stereocenters. The highest BCUT2D eigenvalue weighted by molar-refractivity contribution is 5.89. The number of anilines is 1. The third-order valence-corrected chi connectivity index (χ3v) is 4.08. The average Bonchev–Trinajstić information content (AvgIpc) is 2.83. The molecule has 114 valence electrons. The molecule has 4 nitrogen and oxygen atoms in total. The van der Waals surface area contributed by atoms with Gasteiger partial charge < -0.3 is 15.7 Å². The summed E-state index contributed by atoms with van der Waals surface area (Å²) in [5.41, 5.74) is 4.02. The molecule has 0 fully saturated rings. The van der Waals surface area contributed by atoms with Gasteiger partial charge in [-0.2, -0.15) is 0 Å². The molecule has 4 heteroatoms. The predicted molar refractivity (Wildman–Crippen MR) is 86.9 cm³/mol. The van der Waals surface area contributed by atoms with Gasteiger partial charge in [-0.05, 0) is 35.2 Å². The largest absolute Gasteiger partial charge is 0.390 e. The monoisotopic (exact) mass is 296 g/mol. The number of amides is 2. The Bertz CT molecular complexity index is 684. The molecule has 1 aliphatic rings. The van der Waals surface area contributed by atoms with Gasteiger partial charge in [-0.3, -0.25) is 0 Å². The molecular formula is C18H20N2O2. The molecule has 1 aliphatic carbocycles. The molecule has 0 aliphatic heterocycles. The van der Waals surface area contributed by atoms with Gasteiger partial charge in [-0.1, -0.05) is 43.3 Å². The summed E-state index contributed by atoms with van der Waals surface area (Å²) in [6, 6.07) is 14.9. The average molecular weight is 296 g/mol. The summed E-state index contributed by atoms with van der Waals surface area (Å²) in [7, 11) is 0. The first-order chi connectivity index (χ1) is 10.7. The lowest BCUT2D eigenvalue weighted by molar-refractivity contribution is 0.144. The van der Waals surface area contributed by atoms with Gasteiger partial charge in [-0.25, -0.2) is 4.79 Å². The minimum absolute atomic E-state index is 0.297. The number of urea groups is 1. The molecule has 3 N–H and O–H groups in total. The molecule has 0 aromatic heterocycles. The van der Waals surface area contributed by atoms with Crippen LogP contribution in [-0.2, 0) is 12.8 Å². The molecule has 0 saturated carbocycles. The lowest BCUT2D eigenvalue weighted by Gasteiger charge is -2.18. The van der Waals surface area contributed by atoms with Crippen LogP contribution >= 0.6 is 0 Å². The van der Waals surface area contributed by atoms with Gasteiger partial charge in [0.1, 0.15) is 0 Å². The summed E-state index contributed by atoms with van der Waals surface area (Å²) in [6.07, 6.45) is 0.920. The van der Waals surface area contributed by atoms with Crippen molar-refractivity contribution in [1.29, 1.82) is 0 Å². The van der Waals surface area contributed by atoms with Crippen LogP contribution < -0.4 is 10.6 Å². The molecule has 2 aromatic carbocycles. The fourth-order valence-electron chi connectivity index (χ4n) is 2.93. The Morgan fingerprint density at radius 1 is 1.23 bits per heavy atom. The molecule has 0 unspecified atom stereocenters. The second-order valence-corrected chi connectivity index (χ2v) is 5.60. The zero-order valence-electron chi connectivity index (χ0n) is 12.5. The molecular weight excluding hydrogens is 276 g/mol. The van der Waals surface area contributed by atoms with E-state index in [4.69, 9.17) is 0 Å². The molecule has 3 rings (SSSR count). The number of hydrogen-bond acceptors (Lipinski definition) is 2. The summed E-state index contributed by atoms with van der Waals surface area (Å²) < 4.78 is 0. The number of carbonyl (C=O) groups is 1. The molecule has 2 aromatic rings. The van der Waals surface area contributed by atoms with Gasteiger partial charge in [0.2, 0.25) is 0 Å². The van der Waals surface area contributed by atoms with Crippen molar-refractivity contribution in [2.45, 2.75) is 31.9 Å². The third kappa shape index (κ3) is 2.97. The fourth-order valence-corrected chi connectivity index (χ4v) is 2.93. The number of rotatable bonds is 3. The van der Waals surface area contributed by atoms with Crippen molar-refractivity contribution < 1.29 is 9.90 Å². The number of fused-ring (bicyclic) bond motifs is 1. The SMILES string of the molecule is CCc1cccc(NC(=O)N[C@@H]2c3ccccc3C[C@@H]2O)c1. The Kier molecular flexibility index (Phi) is 4.11. The lowest BCUT2D eigenvalue weighted by atomic mass is 10.1. The maximum Gasteiger partial charge on any atom is 0.319 e. The molecule has 0 spiro atoms. The molecule has 22 heavy (non-hydrogen) atoms. The van der Waals surface area contributed by atoms with Gasteiger partial charge >= 0.3 is 6.03 Å². The number of nitrogens with one attached hydrogen (secondary N) is 2. The maximum absolute atomic E-state index is 12.2. The van der Waals surface area contributed by atoms with Crippen LogP contribution in [0.5, 0.6) is 0 Å². The Labute approximate surface area is 130 Å². The van der Waals surface area contributed by atoms with Gasteiger partial charge in [0.25, 0.3) is 0 Å². The molecule has 2 amide bonds. The molecule has 0 saturated heterocycles. The highest BCUT2D eigenvalue weighted by Crippen LogP contribution is 2.31. The fraction of sp³-hybridized carbons (Fsp3) is 0.278. The Hall–Kier alpha value is -2.33.